The molecule has 0 spiro atoms. The Bertz CT molecular complexity index is 719. The van der Waals surface area contributed by atoms with Crippen molar-refractivity contribution in [2.45, 2.75) is 19.8 Å². The first-order chi connectivity index (χ1) is 11.3. The van der Waals surface area contributed by atoms with Gasteiger partial charge in [0.05, 0.1) is 17.5 Å². The molecule has 2 aliphatic rings. The molecule has 2 saturated heterocycles. The highest BCUT2D eigenvalue weighted by molar-refractivity contribution is 7.92. The Labute approximate surface area is 143 Å². The molecule has 1 aromatic rings. The van der Waals surface area contributed by atoms with Crippen molar-refractivity contribution < 1.29 is 13.2 Å². The van der Waals surface area contributed by atoms with Gasteiger partial charge in [-0.15, -0.1) is 0 Å². The number of benzene rings is 1. The summed E-state index contributed by atoms with van der Waals surface area (Å²) >= 11 is 0. The summed E-state index contributed by atoms with van der Waals surface area (Å²) in [6, 6.07) is 5.24. The zero-order chi connectivity index (χ0) is 17.3. The van der Waals surface area contributed by atoms with Crippen LogP contribution in [-0.2, 0) is 10.0 Å². The number of nitrogens with zero attached hydrogens (tertiary/aromatic N) is 1. The third-order valence-corrected chi connectivity index (χ3v) is 5.60. The number of sulfonamides is 1. The van der Waals surface area contributed by atoms with Crippen LogP contribution in [0, 0.1) is 18.8 Å². The summed E-state index contributed by atoms with van der Waals surface area (Å²) in [6.07, 6.45) is 3.11. The van der Waals surface area contributed by atoms with Crippen molar-refractivity contribution in [2.24, 2.45) is 11.8 Å². The van der Waals surface area contributed by atoms with Gasteiger partial charge in [0.15, 0.2) is 0 Å². The minimum absolute atomic E-state index is 0.0854. The summed E-state index contributed by atoms with van der Waals surface area (Å²) in [5.74, 6) is 1.21. The van der Waals surface area contributed by atoms with Crippen LogP contribution in [0.5, 0.6) is 0 Å². The standard InChI is InChI=1S/C17H25N3O3S/c1-12-3-4-16(19-24(2,22)23)15(9-12)17(21)20-7-5-13-10-18-11-14(13)6-8-20/h3-4,9,13-14,18-19H,5-8,10-11H2,1-2H3/t13-,14+. The highest BCUT2D eigenvalue weighted by Gasteiger charge is 2.32. The third kappa shape index (κ3) is 3.89. The minimum Gasteiger partial charge on any atom is -0.339 e. The van der Waals surface area contributed by atoms with Gasteiger partial charge in [-0.3, -0.25) is 9.52 Å². The first-order valence-corrected chi connectivity index (χ1v) is 10.3. The van der Waals surface area contributed by atoms with E-state index in [1.165, 1.54) is 0 Å². The molecule has 132 valence electrons. The molecule has 0 aliphatic carbocycles. The second-order valence-electron chi connectivity index (χ2n) is 6.97. The molecule has 2 aliphatic heterocycles. The molecule has 2 atom stereocenters. The lowest BCUT2D eigenvalue weighted by Gasteiger charge is -2.23. The van der Waals surface area contributed by atoms with Gasteiger partial charge in [-0.1, -0.05) is 11.6 Å². The van der Waals surface area contributed by atoms with Crippen LogP contribution in [0.15, 0.2) is 18.2 Å². The Morgan fingerprint density at radius 1 is 1.21 bits per heavy atom. The number of nitrogens with one attached hydrogen (secondary N) is 2. The van der Waals surface area contributed by atoms with Crippen molar-refractivity contribution in [3.8, 4) is 0 Å². The van der Waals surface area contributed by atoms with Crippen molar-refractivity contribution >= 4 is 21.6 Å². The monoisotopic (exact) mass is 351 g/mol. The number of likely N-dealkylation sites (tertiary alicyclic amines) is 1. The van der Waals surface area contributed by atoms with E-state index in [1.807, 2.05) is 17.9 Å². The molecule has 1 aromatic carbocycles. The number of rotatable bonds is 3. The highest BCUT2D eigenvalue weighted by atomic mass is 32.2. The Balaban J connectivity index is 1.82. The number of hydrogen-bond acceptors (Lipinski definition) is 4. The van der Waals surface area contributed by atoms with Gasteiger partial charge in [-0.25, -0.2) is 8.42 Å². The van der Waals surface area contributed by atoms with Crippen molar-refractivity contribution in [3.05, 3.63) is 29.3 Å². The first kappa shape index (κ1) is 17.2. The van der Waals surface area contributed by atoms with E-state index in [2.05, 4.69) is 10.0 Å². The van der Waals surface area contributed by atoms with Gasteiger partial charge < -0.3 is 10.2 Å². The Morgan fingerprint density at radius 3 is 2.42 bits per heavy atom. The maximum atomic E-state index is 13.0. The molecular weight excluding hydrogens is 326 g/mol. The van der Waals surface area contributed by atoms with Crippen LogP contribution in [0.1, 0.15) is 28.8 Å². The predicted molar refractivity (Wildman–Crippen MR) is 94.6 cm³/mol. The van der Waals surface area contributed by atoms with Crippen LogP contribution in [0.3, 0.4) is 0 Å². The Morgan fingerprint density at radius 2 is 1.83 bits per heavy atom. The molecule has 0 aromatic heterocycles. The molecule has 0 bridgehead atoms. The van der Waals surface area contributed by atoms with E-state index in [9.17, 15) is 13.2 Å². The number of hydrogen-bond donors (Lipinski definition) is 2. The molecule has 0 radical (unpaired) electrons. The normalized spacial score (nSPS) is 24.3. The van der Waals surface area contributed by atoms with E-state index in [4.69, 9.17) is 0 Å². The second-order valence-corrected chi connectivity index (χ2v) is 8.72. The van der Waals surface area contributed by atoms with Gasteiger partial charge in [0.2, 0.25) is 10.0 Å². The largest absolute Gasteiger partial charge is 0.339 e. The van der Waals surface area contributed by atoms with E-state index in [0.29, 0.717) is 23.1 Å². The zero-order valence-corrected chi connectivity index (χ0v) is 15.0. The molecule has 2 fully saturated rings. The fourth-order valence-corrected chi connectivity index (χ4v) is 4.29. The summed E-state index contributed by atoms with van der Waals surface area (Å²) in [4.78, 5) is 14.9. The highest BCUT2D eigenvalue weighted by Crippen LogP contribution is 2.29. The van der Waals surface area contributed by atoms with Gasteiger partial charge in [0, 0.05) is 13.1 Å². The van der Waals surface area contributed by atoms with Crippen LogP contribution >= 0.6 is 0 Å². The average molecular weight is 351 g/mol. The molecular formula is C17H25N3O3S. The van der Waals surface area contributed by atoms with E-state index >= 15 is 0 Å². The molecule has 6 nitrogen and oxygen atoms in total. The lowest BCUT2D eigenvalue weighted by atomic mass is 9.92. The average Bonchev–Trinajstić information content (AvgIpc) is 2.86. The molecule has 7 heteroatoms. The zero-order valence-electron chi connectivity index (χ0n) is 14.2. The van der Waals surface area contributed by atoms with Gasteiger partial charge >= 0.3 is 0 Å². The summed E-state index contributed by atoms with van der Waals surface area (Å²) in [6.45, 7) is 5.44. The van der Waals surface area contributed by atoms with Gasteiger partial charge in [0.1, 0.15) is 0 Å². The van der Waals surface area contributed by atoms with Crippen molar-refractivity contribution in [1.29, 1.82) is 0 Å². The number of amides is 1. The van der Waals surface area contributed by atoms with Crippen LogP contribution < -0.4 is 10.0 Å². The minimum atomic E-state index is -3.43. The van der Waals surface area contributed by atoms with Crippen molar-refractivity contribution in [3.63, 3.8) is 0 Å². The maximum Gasteiger partial charge on any atom is 0.255 e. The maximum absolute atomic E-state index is 13.0. The predicted octanol–water partition coefficient (Wildman–Crippen LogP) is 1.44. The topological polar surface area (TPSA) is 78.5 Å². The summed E-state index contributed by atoms with van der Waals surface area (Å²) in [5.41, 5.74) is 1.73. The number of aryl methyl sites for hydroxylation is 1. The van der Waals surface area contributed by atoms with Gasteiger partial charge in [-0.2, -0.15) is 0 Å². The third-order valence-electron chi connectivity index (χ3n) is 5.01. The molecule has 2 N–H and O–H groups in total. The summed E-state index contributed by atoms with van der Waals surface area (Å²) in [5, 5.41) is 3.43. The van der Waals surface area contributed by atoms with Crippen LogP contribution in [0.4, 0.5) is 5.69 Å². The fraction of sp³-hybridized carbons (Fsp3) is 0.588. The van der Waals surface area contributed by atoms with Crippen molar-refractivity contribution in [2.75, 3.05) is 37.2 Å². The van der Waals surface area contributed by atoms with Crippen LogP contribution in [0.25, 0.3) is 0 Å². The molecule has 0 saturated carbocycles. The van der Waals surface area contributed by atoms with E-state index in [1.54, 1.807) is 12.1 Å². The Hall–Kier alpha value is -1.60. The SMILES string of the molecule is Cc1ccc(NS(C)(=O)=O)c(C(=O)N2CC[C@@H]3CNC[C@@H]3CC2)c1. The molecule has 24 heavy (non-hydrogen) atoms. The number of anilines is 1. The van der Waals surface area contributed by atoms with Crippen molar-refractivity contribution in [1.82, 2.24) is 10.2 Å². The summed E-state index contributed by atoms with van der Waals surface area (Å²) < 4.78 is 25.6. The number of carbonyl (C=O) groups is 1. The van der Waals surface area contributed by atoms with Crippen LogP contribution in [0.2, 0.25) is 0 Å². The Kier molecular flexibility index (Phi) is 4.83. The van der Waals surface area contributed by atoms with E-state index < -0.39 is 10.0 Å². The fourth-order valence-electron chi connectivity index (χ4n) is 3.72. The first-order valence-electron chi connectivity index (χ1n) is 8.42. The van der Waals surface area contributed by atoms with Gasteiger partial charge in [0.25, 0.3) is 5.91 Å². The number of carbonyl (C=O) groups excluding carboxylic acids is 1. The number of fused-ring (bicyclic) bond motifs is 1. The van der Waals surface area contributed by atoms with E-state index in [0.717, 1.165) is 50.8 Å². The lowest BCUT2D eigenvalue weighted by Crippen LogP contribution is -2.33. The molecule has 1 amide bonds. The quantitative estimate of drug-likeness (QED) is 0.864. The molecule has 2 heterocycles. The van der Waals surface area contributed by atoms with E-state index in [-0.39, 0.29) is 5.91 Å². The smallest absolute Gasteiger partial charge is 0.255 e. The molecule has 0 unspecified atom stereocenters. The van der Waals surface area contributed by atoms with Crippen LogP contribution in [-0.4, -0.2) is 51.7 Å². The summed E-state index contributed by atoms with van der Waals surface area (Å²) in [7, 11) is -3.43. The second kappa shape index (κ2) is 6.72. The lowest BCUT2D eigenvalue weighted by molar-refractivity contribution is 0.0759. The molecule has 3 rings (SSSR count). The van der Waals surface area contributed by atoms with Gasteiger partial charge in [-0.05, 0) is 56.8 Å².